The van der Waals surface area contributed by atoms with Crippen molar-refractivity contribution < 1.29 is 8.42 Å². The van der Waals surface area contributed by atoms with Crippen molar-refractivity contribution >= 4 is 26.6 Å². The summed E-state index contributed by atoms with van der Waals surface area (Å²) >= 11 is 0. The van der Waals surface area contributed by atoms with Crippen LogP contribution in [0.4, 0.5) is 5.69 Å². The van der Waals surface area contributed by atoms with Crippen LogP contribution in [0.2, 0.25) is 0 Å². The Morgan fingerprint density at radius 1 is 1.00 bits per heavy atom. The summed E-state index contributed by atoms with van der Waals surface area (Å²) in [6.45, 7) is 2.72. The molecule has 25 heavy (non-hydrogen) atoms. The van der Waals surface area contributed by atoms with E-state index in [-0.39, 0.29) is 5.75 Å². The molecule has 0 atom stereocenters. The zero-order valence-electron chi connectivity index (χ0n) is 14.3. The molecule has 2 aromatic carbocycles. The highest BCUT2D eigenvalue weighted by Gasteiger charge is 2.08. The minimum absolute atomic E-state index is 0.00845. The van der Waals surface area contributed by atoms with Crippen LogP contribution < -0.4 is 10.0 Å². The third-order valence-electron chi connectivity index (χ3n) is 4.07. The van der Waals surface area contributed by atoms with E-state index in [9.17, 15) is 8.42 Å². The molecule has 0 unspecified atom stereocenters. The molecule has 1 heterocycles. The normalized spacial score (nSPS) is 11.6. The molecule has 1 aromatic heterocycles. The summed E-state index contributed by atoms with van der Waals surface area (Å²) in [6.07, 6.45) is 1.80. The standard InChI is InChI=1S/C19H21N3O2S/c1-14-3-8-18-17(11-14)19(9-10-21-18)22-12-15-4-6-16(7-5-15)13-25(23,24)20-2/h3-11,20H,12-13H2,1-2H3,(H,21,22). The first-order valence-corrected chi connectivity index (χ1v) is 9.70. The Hall–Kier alpha value is -2.44. The van der Waals surface area contributed by atoms with E-state index in [4.69, 9.17) is 0 Å². The van der Waals surface area contributed by atoms with E-state index in [1.165, 1.54) is 12.6 Å². The summed E-state index contributed by atoms with van der Waals surface area (Å²) in [7, 11) is -1.82. The summed E-state index contributed by atoms with van der Waals surface area (Å²) in [5.74, 6) is -0.00845. The largest absolute Gasteiger partial charge is 0.380 e. The smallest absolute Gasteiger partial charge is 0.215 e. The number of aryl methyl sites for hydroxylation is 1. The van der Waals surface area contributed by atoms with Crippen LogP contribution in [0.1, 0.15) is 16.7 Å². The molecule has 0 aliphatic rings. The maximum Gasteiger partial charge on any atom is 0.215 e. The van der Waals surface area contributed by atoms with Gasteiger partial charge in [0.05, 0.1) is 11.3 Å². The van der Waals surface area contributed by atoms with E-state index in [0.29, 0.717) is 6.54 Å². The second-order valence-electron chi connectivity index (χ2n) is 6.01. The summed E-state index contributed by atoms with van der Waals surface area (Å²) in [4.78, 5) is 4.39. The van der Waals surface area contributed by atoms with Crippen molar-refractivity contribution in [3.8, 4) is 0 Å². The van der Waals surface area contributed by atoms with Crippen molar-refractivity contribution in [1.82, 2.24) is 9.71 Å². The lowest BCUT2D eigenvalue weighted by Crippen LogP contribution is -2.20. The van der Waals surface area contributed by atoms with E-state index in [2.05, 4.69) is 34.1 Å². The molecule has 3 aromatic rings. The van der Waals surface area contributed by atoms with Gasteiger partial charge in [-0.05, 0) is 43.3 Å². The number of pyridine rings is 1. The van der Waals surface area contributed by atoms with Gasteiger partial charge in [-0.3, -0.25) is 4.98 Å². The highest BCUT2D eigenvalue weighted by Crippen LogP contribution is 2.23. The van der Waals surface area contributed by atoms with Crippen molar-refractivity contribution in [3.63, 3.8) is 0 Å². The van der Waals surface area contributed by atoms with E-state index in [1.54, 1.807) is 6.20 Å². The monoisotopic (exact) mass is 355 g/mol. The lowest BCUT2D eigenvalue weighted by atomic mass is 10.1. The first-order chi connectivity index (χ1) is 12.0. The maximum absolute atomic E-state index is 11.6. The second kappa shape index (κ2) is 7.21. The van der Waals surface area contributed by atoms with Gasteiger partial charge in [0.25, 0.3) is 0 Å². The molecule has 0 saturated heterocycles. The van der Waals surface area contributed by atoms with E-state index in [1.807, 2.05) is 36.4 Å². The Morgan fingerprint density at radius 3 is 2.44 bits per heavy atom. The summed E-state index contributed by atoms with van der Waals surface area (Å²) in [5.41, 5.74) is 5.05. The summed E-state index contributed by atoms with van der Waals surface area (Å²) in [5, 5.41) is 4.54. The summed E-state index contributed by atoms with van der Waals surface area (Å²) in [6, 6.07) is 15.8. The molecule has 0 aliphatic carbocycles. The fraction of sp³-hybridized carbons (Fsp3) is 0.211. The molecule has 0 spiro atoms. The third kappa shape index (κ3) is 4.35. The van der Waals surface area contributed by atoms with Crippen LogP contribution in [0.3, 0.4) is 0 Å². The Bertz CT molecular complexity index is 983. The maximum atomic E-state index is 11.6. The van der Waals surface area contributed by atoms with E-state index < -0.39 is 10.0 Å². The van der Waals surface area contributed by atoms with Crippen LogP contribution in [0, 0.1) is 6.92 Å². The average molecular weight is 355 g/mol. The Labute approximate surface area is 148 Å². The Kier molecular flexibility index (Phi) is 5.01. The molecule has 5 nitrogen and oxygen atoms in total. The molecule has 130 valence electrons. The molecule has 0 fully saturated rings. The lowest BCUT2D eigenvalue weighted by Gasteiger charge is -2.11. The SMILES string of the molecule is CNS(=O)(=O)Cc1ccc(CNc2ccnc3ccc(C)cc23)cc1. The van der Waals surface area contributed by atoms with Crippen LogP contribution >= 0.6 is 0 Å². The topological polar surface area (TPSA) is 71.1 Å². The Balaban J connectivity index is 1.73. The highest BCUT2D eigenvalue weighted by atomic mass is 32.2. The fourth-order valence-corrected chi connectivity index (χ4v) is 3.43. The first kappa shape index (κ1) is 17.4. The molecule has 0 bridgehead atoms. The van der Waals surface area contributed by atoms with Crippen molar-refractivity contribution in [1.29, 1.82) is 0 Å². The van der Waals surface area contributed by atoms with Gasteiger partial charge in [-0.2, -0.15) is 0 Å². The van der Waals surface area contributed by atoms with Crippen molar-refractivity contribution in [2.45, 2.75) is 19.2 Å². The van der Waals surface area contributed by atoms with Gasteiger partial charge >= 0.3 is 0 Å². The van der Waals surface area contributed by atoms with Gasteiger partial charge in [0.15, 0.2) is 0 Å². The van der Waals surface area contributed by atoms with Crippen LogP contribution in [-0.4, -0.2) is 20.4 Å². The zero-order chi connectivity index (χ0) is 17.9. The lowest BCUT2D eigenvalue weighted by molar-refractivity contribution is 0.587. The number of fused-ring (bicyclic) bond motifs is 1. The third-order valence-corrected chi connectivity index (χ3v) is 5.41. The van der Waals surface area contributed by atoms with Crippen molar-refractivity contribution in [3.05, 3.63) is 71.4 Å². The number of anilines is 1. The molecule has 0 aliphatic heterocycles. The molecular weight excluding hydrogens is 334 g/mol. The van der Waals surface area contributed by atoms with Crippen LogP contribution in [0.15, 0.2) is 54.7 Å². The van der Waals surface area contributed by atoms with E-state index in [0.717, 1.165) is 27.7 Å². The van der Waals surface area contributed by atoms with Crippen molar-refractivity contribution in [2.24, 2.45) is 0 Å². The predicted molar refractivity (Wildman–Crippen MR) is 102 cm³/mol. The summed E-state index contributed by atoms with van der Waals surface area (Å²) < 4.78 is 25.5. The number of hydrogen-bond acceptors (Lipinski definition) is 4. The van der Waals surface area contributed by atoms with Gasteiger partial charge in [-0.25, -0.2) is 13.1 Å². The number of rotatable bonds is 6. The minimum atomic E-state index is -3.24. The highest BCUT2D eigenvalue weighted by molar-refractivity contribution is 7.88. The average Bonchev–Trinajstić information content (AvgIpc) is 2.61. The number of hydrogen-bond donors (Lipinski definition) is 2. The van der Waals surface area contributed by atoms with Crippen molar-refractivity contribution in [2.75, 3.05) is 12.4 Å². The fourth-order valence-electron chi connectivity index (χ4n) is 2.66. The predicted octanol–water partition coefficient (Wildman–Crippen LogP) is 3.20. The zero-order valence-corrected chi connectivity index (χ0v) is 15.1. The van der Waals surface area contributed by atoms with Gasteiger partial charge in [0.2, 0.25) is 10.0 Å². The molecule has 0 amide bonds. The quantitative estimate of drug-likeness (QED) is 0.712. The first-order valence-electron chi connectivity index (χ1n) is 8.05. The van der Waals surface area contributed by atoms with Gasteiger partial charge in [-0.1, -0.05) is 35.9 Å². The van der Waals surface area contributed by atoms with Gasteiger partial charge in [0, 0.05) is 23.8 Å². The number of nitrogens with zero attached hydrogens (tertiary/aromatic N) is 1. The number of nitrogens with one attached hydrogen (secondary N) is 2. The molecular formula is C19H21N3O2S. The van der Waals surface area contributed by atoms with Gasteiger partial charge in [0.1, 0.15) is 0 Å². The van der Waals surface area contributed by atoms with Gasteiger partial charge in [-0.15, -0.1) is 0 Å². The minimum Gasteiger partial charge on any atom is -0.380 e. The number of benzene rings is 2. The molecule has 2 N–H and O–H groups in total. The van der Waals surface area contributed by atoms with E-state index >= 15 is 0 Å². The number of aromatic nitrogens is 1. The molecule has 0 radical (unpaired) electrons. The second-order valence-corrected chi connectivity index (χ2v) is 7.94. The van der Waals surface area contributed by atoms with Crippen LogP contribution in [-0.2, 0) is 22.3 Å². The van der Waals surface area contributed by atoms with Gasteiger partial charge < -0.3 is 5.32 Å². The van der Waals surface area contributed by atoms with Crippen LogP contribution in [0.25, 0.3) is 10.9 Å². The number of sulfonamides is 1. The Morgan fingerprint density at radius 2 is 1.72 bits per heavy atom. The molecule has 3 rings (SSSR count). The molecule has 6 heteroatoms. The van der Waals surface area contributed by atoms with Crippen LogP contribution in [0.5, 0.6) is 0 Å². The molecule has 0 saturated carbocycles.